The Morgan fingerprint density at radius 3 is 2.38 bits per heavy atom. The number of hydrogen-bond acceptors (Lipinski definition) is 0. The summed E-state index contributed by atoms with van der Waals surface area (Å²) in [6, 6.07) is 11.7. The van der Waals surface area contributed by atoms with Gasteiger partial charge in [0.15, 0.2) is 0 Å². The first-order valence-corrected chi connectivity index (χ1v) is 9.42. The Morgan fingerprint density at radius 2 is 1.65 bits per heavy atom. The number of nitrogens with zero attached hydrogens (tertiary/aromatic N) is 2. The first-order chi connectivity index (χ1) is 12.3. The monoisotopic (exact) mass is 349 g/mol. The van der Waals surface area contributed by atoms with Crippen molar-refractivity contribution < 1.29 is 8.96 Å². The molecule has 1 aliphatic rings. The van der Waals surface area contributed by atoms with Gasteiger partial charge in [0.2, 0.25) is 0 Å². The van der Waals surface area contributed by atoms with Crippen LogP contribution in [0.4, 0.5) is 4.39 Å². The van der Waals surface area contributed by atoms with Gasteiger partial charge in [-0.2, -0.15) is 4.40 Å². The van der Waals surface area contributed by atoms with E-state index in [2.05, 4.69) is 61.2 Å². The van der Waals surface area contributed by atoms with E-state index in [0.29, 0.717) is 0 Å². The molecule has 0 N–H and O–H groups in total. The summed E-state index contributed by atoms with van der Waals surface area (Å²) in [4.78, 5) is 0. The lowest BCUT2D eigenvalue weighted by atomic mass is 9.66. The first kappa shape index (κ1) is 17.0. The Balaban J connectivity index is 0.000000814. The molecule has 0 spiro atoms. The van der Waals surface area contributed by atoms with Gasteiger partial charge in [0.05, 0.1) is 5.39 Å². The Labute approximate surface area is 153 Å². The smallest absolute Gasteiger partial charge is 0.224 e. The Kier molecular flexibility index (Phi) is 3.46. The van der Waals surface area contributed by atoms with Crippen molar-refractivity contribution in [1.29, 1.82) is 0 Å². The lowest BCUT2D eigenvalue weighted by molar-refractivity contribution is -0.745. The van der Waals surface area contributed by atoms with E-state index < -0.39 is 0 Å². The van der Waals surface area contributed by atoms with E-state index in [0.717, 1.165) is 27.5 Å². The number of benzene rings is 2. The van der Waals surface area contributed by atoms with Crippen molar-refractivity contribution in [3.05, 3.63) is 60.2 Å². The molecule has 0 radical (unpaired) electrons. The van der Waals surface area contributed by atoms with Gasteiger partial charge < -0.3 is 0 Å². The summed E-state index contributed by atoms with van der Waals surface area (Å²) in [5, 5.41) is 3.27. The Hall–Kier alpha value is -2.42. The van der Waals surface area contributed by atoms with Crippen molar-refractivity contribution in [2.75, 3.05) is 0 Å². The number of halogens is 1. The zero-order valence-corrected chi connectivity index (χ0v) is 16.4. The van der Waals surface area contributed by atoms with E-state index in [9.17, 15) is 4.39 Å². The van der Waals surface area contributed by atoms with Gasteiger partial charge >= 0.3 is 0 Å². The van der Waals surface area contributed by atoms with E-state index in [1.54, 1.807) is 12.1 Å². The van der Waals surface area contributed by atoms with Gasteiger partial charge in [0.1, 0.15) is 29.3 Å². The zero-order chi connectivity index (χ0) is 18.9. The van der Waals surface area contributed by atoms with Crippen molar-refractivity contribution in [1.82, 2.24) is 4.40 Å². The highest BCUT2D eigenvalue weighted by Gasteiger charge is 2.50. The van der Waals surface area contributed by atoms with E-state index >= 15 is 0 Å². The number of hydrogen-bond donors (Lipinski definition) is 0. The third-order valence-corrected chi connectivity index (χ3v) is 6.41. The summed E-state index contributed by atoms with van der Waals surface area (Å²) in [5.41, 5.74) is 3.03. The van der Waals surface area contributed by atoms with Gasteiger partial charge in [0.25, 0.3) is 5.65 Å². The van der Waals surface area contributed by atoms with Crippen LogP contribution >= 0.6 is 0 Å². The Bertz CT molecular complexity index is 1170. The molecule has 0 saturated heterocycles. The highest BCUT2D eigenvalue weighted by molar-refractivity contribution is 6.12. The number of pyridine rings is 1. The third-order valence-electron chi connectivity index (χ3n) is 6.41. The zero-order valence-electron chi connectivity index (χ0n) is 16.4. The van der Waals surface area contributed by atoms with Crippen LogP contribution in [0.2, 0.25) is 0 Å². The van der Waals surface area contributed by atoms with Crippen LogP contribution in [0.5, 0.6) is 0 Å². The molecular weight excluding hydrogens is 323 g/mol. The number of aromatic nitrogens is 2. The molecule has 0 saturated carbocycles. The van der Waals surface area contributed by atoms with Crippen molar-refractivity contribution in [3.63, 3.8) is 0 Å². The minimum Gasteiger partial charge on any atom is -0.224 e. The maximum atomic E-state index is 14.5. The van der Waals surface area contributed by atoms with Gasteiger partial charge in [-0.1, -0.05) is 45.9 Å². The fourth-order valence-corrected chi connectivity index (χ4v) is 4.37. The molecule has 2 nitrogen and oxygen atoms in total. The third kappa shape index (κ3) is 1.83. The summed E-state index contributed by atoms with van der Waals surface area (Å²) in [6.45, 7) is 12.9. The molecule has 26 heavy (non-hydrogen) atoms. The maximum Gasteiger partial charge on any atom is 0.295 e. The number of fused-ring (bicyclic) bond motifs is 3. The predicted octanol–water partition coefficient (Wildman–Crippen LogP) is 5.72. The second-order valence-electron chi connectivity index (χ2n) is 7.94. The van der Waals surface area contributed by atoms with Crippen LogP contribution in [-0.4, -0.2) is 4.40 Å². The molecule has 1 aliphatic heterocycles. The van der Waals surface area contributed by atoms with Crippen LogP contribution in [0, 0.1) is 5.82 Å². The van der Waals surface area contributed by atoms with Gasteiger partial charge in [-0.25, -0.2) is 8.96 Å². The van der Waals surface area contributed by atoms with Crippen LogP contribution in [0.15, 0.2) is 48.8 Å². The van der Waals surface area contributed by atoms with E-state index in [1.165, 1.54) is 5.39 Å². The molecular formula is C23H26FN2+. The molecule has 4 aromatic rings. The number of imidazole rings is 1. The molecule has 0 aliphatic carbocycles. The molecule has 134 valence electrons. The summed E-state index contributed by atoms with van der Waals surface area (Å²) >= 11 is 0. The SMILES string of the molecule is CC.CC1(C)c2cc(F)cc3c4ccccc4n4cc[n+](c4c23)C1(C)C. The van der Waals surface area contributed by atoms with Crippen LogP contribution in [0.25, 0.3) is 27.3 Å². The average Bonchev–Trinajstić information content (AvgIpc) is 3.08. The lowest BCUT2D eigenvalue weighted by Crippen LogP contribution is -2.63. The standard InChI is InChI=1S/C21H20FN2.C2H6/c1-20(2)16-12-13(22)11-15-14-7-5-6-8-17(14)23-9-10-24(21(20,3)4)19(23)18(15)16;1-2/h5-12H,1-4H3;1-2H3/q+1;. The molecule has 2 aromatic heterocycles. The highest BCUT2D eigenvalue weighted by Crippen LogP contribution is 2.46. The molecule has 3 heterocycles. The molecule has 0 atom stereocenters. The van der Waals surface area contributed by atoms with Crippen LogP contribution in [0.3, 0.4) is 0 Å². The topological polar surface area (TPSA) is 8.29 Å². The molecule has 0 bridgehead atoms. The van der Waals surface area contributed by atoms with Crippen LogP contribution in [0.1, 0.15) is 47.1 Å². The van der Waals surface area contributed by atoms with Gasteiger partial charge in [-0.15, -0.1) is 0 Å². The fraction of sp³-hybridized carbons (Fsp3) is 0.348. The minimum absolute atomic E-state index is 0.155. The maximum absolute atomic E-state index is 14.5. The molecule has 2 aromatic carbocycles. The average molecular weight is 349 g/mol. The van der Waals surface area contributed by atoms with Crippen molar-refractivity contribution in [3.8, 4) is 0 Å². The predicted molar refractivity (Wildman–Crippen MR) is 106 cm³/mol. The van der Waals surface area contributed by atoms with Crippen molar-refractivity contribution >= 4 is 27.3 Å². The molecule has 3 heteroatoms. The largest absolute Gasteiger partial charge is 0.295 e. The van der Waals surface area contributed by atoms with Gasteiger partial charge in [-0.3, -0.25) is 0 Å². The minimum atomic E-state index is -0.185. The van der Waals surface area contributed by atoms with Crippen LogP contribution < -0.4 is 4.57 Å². The number of para-hydroxylation sites is 1. The summed E-state index contributed by atoms with van der Waals surface area (Å²) in [6.07, 6.45) is 4.29. The fourth-order valence-electron chi connectivity index (χ4n) is 4.37. The van der Waals surface area contributed by atoms with Crippen molar-refractivity contribution in [2.24, 2.45) is 0 Å². The second kappa shape index (κ2) is 5.29. The van der Waals surface area contributed by atoms with E-state index in [-0.39, 0.29) is 16.8 Å². The normalized spacial score (nSPS) is 16.9. The molecule has 0 amide bonds. The molecule has 0 fully saturated rings. The molecule has 5 rings (SSSR count). The Morgan fingerprint density at radius 1 is 0.962 bits per heavy atom. The summed E-state index contributed by atoms with van der Waals surface area (Å²) < 4.78 is 19.1. The summed E-state index contributed by atoms with van der Waals surface area (Å²) in [5.74, 6) is -0.157. The second-order valence-corrected chi connectivity index (χ2v) is 7.94. The highest BCUT2D eigenvalue weighted by atomic mass is 19.1. The number of rotatable bonds is 0. The van der Waals surface area contributed by atoms with Gasteiger partial charge in [-0.05, 0) is 37.6 Å². The van der Waals surface area contributed by atoms with Gasteiger partial charge in [0, 0.05) is 16.2 Å². The van der Waals surface area contributed by atoms with Crippen molar-refractivity contribution in [2.45, 2.75) is 52.5 Å². The first-order valence-electron chi connectivity index (χ1n) is 9.42. The van der Waals surface area contributed by atoms with E-state index in [4.69, 9.17) is 0 Å². The molecule has 0 unspecified atom stereocenters. The quantitative estimate of drug-likeness (QED) is 0.283. The lowest BCUT2D eigenvalue weighted by Gasteiger charge is -2.42. The van der Waals surface area contributed by atoms with E-state index in [1.807, 2.05) is 26.0 Å². The van der Waals surface area contributed by atoms with Crippen LogP contribution in [-0.2, 0) is 11.0 Å². The summed E-state index contributed by atoms with van der Waals surface area (Å²) in [7, 11) is 0.